The quantitative estimate of drug-likeness (QED) is 0.760. The summed E-state index contributed by atoms with van der Waals surface area (Å²) in [6.07, 6.45) is 4.17. The third kappa shape index (κ3) is 4.12. The predicted molar refractivity (Wildman–Crippen MR) is 104 cm³/mol. The van der Waals surface area contributed by atoms with Gasteiger partial charge in [-0.05, 0) is 39.2 Å². The molecule has 1 atom stereocenters. The van der Waals surface area contributed by atoms with E-state index in [0.717, 1.165) is 17.0 Å². The van der Waals surface area contributed by atoms with Gasteiger partial charge >= 0.3 is 0 Å². The number of hydrogen-bond donors (Lipinski definition) is 1. The fraction of sp³-hybridized carbons (Fsp3) is 0.611. The molecule has 0 aliphatic carbocycles. The first kappa shape index (κ1) is 20.5. The standard InChI is InChI=1S/C18H28N6O3S/c1-13-14(2)21-24(15(13)3)9-7-19-18(25)16-6-5-8-23(11-16)28(26,27)17-10-20-22(4)12-17/h10,12,16H,5-9,11H2,1-4H3,(H,19,25)/t16-/m1/s1. The molecule has 0 unspecified atom stereocenters. The first-order chi connectivity index (χ1) is 13.2. The van der Waals surface area contributed by atoms with Crippen molar-refractivity contribution in [1.82, 2.24) is 29.2 Å². The second-order valence-corrected chi connectivity index (χ2v) is 9.30. The third-order valence-electron chi connectivity index (χ3n) is 5.44. The summed E-state index contributed by atoms with van der Waals surface area (Å²) in [4.78, 5) is 12.7. The molecular formula is C18H28N6O3S. The highest BCUT2D eigenvalue weighted by atomic mass is 32.2. The number of aryl methyl sites for hydroxylation is 2. The summed E-state index contributed by atoms with van der Waals surface area (Å²) in [6, 6.07) is 0. The molecule has 0 radical (unpaired) electrons. The molecule has 1 amide bonds. The van der Waals surface area contributed by atoms with E-state index in [-0.39, 0.29) is 23.3 Å². The maximum absolute atomic E-state index is 12.8. The zero-order valence-corrected chi connectivity index (χ0v) is 17.7. The molecule has 1 aliphatic rings. The second-order valence-electron chi connectivity index (χ2n) is 7.36. The number of piperidine rings is 1. The summed E-state index contributed by atoms with van der Waals surface area (Å²) < 4.78 is 30.3. The summed E-state index contributed by atoms with van der Waals surface area (Å²) in [5, 5.41) is 11.3. The van der Waals surface area contributed by atoms with Crippen molar-refractivity contribution in [3.63, 3.8) is 0 Å². The number of rotatable bonds is 6. The summed E-state index contributed by atoms with van der Waals surface area (Å²) in [7, 11) is -1.95. The Balaban J connectivity index is 1.57. The number of amides is 1. The second kappa shape index (κ2) is 8.04. The molecule has 0 aromatic carbocycles. The first-order valence-corrected chi connectivity index (χ1v) is 10.9. The van der Waals surface area contributed by atoms with Gasteiger partial charge in [0.2, 0.25) is 15.9 Å². The number of carbonyl (C=O) groups is 1. The largest absolute Gasteiger partial charge is 0.354 e. The molecule has 3 heterocycles. The number of nitrogens with zero attached hydrogens (tertiary/aromatic N) is 5. The molecule has 0 spiro atoms. The molecule has 0 saturated carbocycles. The lowest BCUT2D eigenvalue weighted by Crippen LogP contribution is -2.45. The van der Waals surface area contributed by atoms with Gasteiger partial charge in [0, 0.05) is 38.6 Å². The van der Waals surface area contributed by atoms with Crippen molar-refractivity contribution >= 4 is 15.9 Å². The van der Waals surface area contributed by atoms with Gasteiger partial charge in [-0.2, -0.15) is 14.5 Å². The van der Waals surface area contributed by atoms with Crippen LogP contribution in [0.2, 0.25) is 0 Å². The molecule has 1 aliphatic heterocycles. The fourth-order valence-electron chi connectivity index (χ4n) is 3.49. The van der Waals surface area contributed by atoms with Crippen LogP contribution >= 0.6 is 0 Å². The van der Waals surface area contributed by atoms with Crippen LogP contribution in [0.15, 0.2) is 17.3 Å². The van der Waals surface area contributed by atoms with Crippen LogP contribution in [0.25, 0.3) is 0 Å². The Morgan fingerprint density at radius 3 is 2.68 bits per heavy atom. The average molecular weight is 409 g/mol. The van der Waals surface area contributed by atoms with Crippen molar-refractivity contribution in [2.75, 3.05) is 19.6 Å². The molecule has 2 aromatic rings. The summed E-state index contributed by atoms with van der Waals surface area (Å²) in [6.45, 7) is 7.69. The van der Waals surface area contributed by atoms with Gasteiger partial charge in [-0.1, -0.05) is 0 Å². The molecular weight excluding hydrogens is 380 g/mol. The number of aromatic nitrogens is 4. The molecule has 1 N–H and O–H groups in total. The van der Waals surface area contributed by atoms with E-state index in [1.54, 1.807) is 7.05 Å². The van der Waals surface area contributed by atoms with E-state index in [1.807, 2.05) is 25.5 Å². The zero-order valence-electron chi connectivity index (χ0n) is 16.8. The zero-order chi connectivity index (χ0) is 20.5. The molecule has 10 heteroatoms. The van der Waals surface area contributed by atoms with Crippen molar-refractivity contribution in [3.8, 4) is 0 Å². The number of carbonyl (C=O) groups excluding carboxylic acids is 1. The van der Waals surface area contributed by atoms with Crippen LogP contribution in [0.4, 0.5) is 0 Å². The summed E-state index contributed by atoms with van der Waals surface area (Å²) in [5.74, 6) is -0.452. The van der Waals surface area contributed by atoms with Crippen LogP contribution in [0.5, 0.6) is 0 Å². The predicted octanol–water partition coefficient (Wildman–Crippen LogP) is 0.759. The van der Waals surface area contributed by atoms with Crippen molar-refractivity contribution in [1.29, 1.82) is 0 Å². The minimum atomic E-state index is -3.62. The topological polar surface area (TPSA) is 102 Å². The highest BCUT2D eigenvalue weighted by Gasteiger charge is 2.33. The van der Waals surface area contributed by atoms with Crippen LogP contribution in [0.1, 0.15) is 29.8 Å². The van der Waals surface area contributed by atoms with E-state index in [0.29, 0.717) is 32.5 Å². The molecule has 2 aromatic heterocycles. The van der Waals surface area contributed by atoms with Crippen LogP contribution in [0.3, 0.4) is 0 Å². The van der Waals surface area contributed by atoms with Gasteiger partial charge in [-0.15, -0.1) is 0 Å². The molecule has 9 nitrogen and oxygen atoms in total. The molecule has 28 heavy (non-hydrogen) atoms. The van der Waals surface area contributed by atoms with Crippen LogP contribution < -0.4 is 5.32 Å². The van der Waals surface area contributed by atoms with E-state index < -0.39 is 10.0 Å². The Labute approximate surface area is 165 Å². The fourth-order valence-corrected chi connectivity index (χ4v) is 5.00. The van der Waals surface area contributed by atoms with E-state index in [9.17, 15) is 13.2 Å². The van der Waals surface area contributed by atoms with Crippen LogP contribution in [-0.4, -0.2) is 57.8 Å². The van der Waals surface area contributed by atoms with Crippen molar-refractivity contribution < 1.29 is 13.2 Å². The number of hydrogen-bond acceptors (Lipinski definition) is 5. The summed E-state index contributed by atoms with van der Waals surface area (Å²) in [5.41, 5.74) is 3.25. The van der Waals surface area contributed by atoms with Crippen molar-refractivity contribution in [3.05, 3.63) is 29.3 Å². The minimum absolute atomic E-state index is 0.107. The van der Waals surface area contributed by atoms with Gasteiger partial charge in [0.05, 0.1) is 24.4 Å². The van der Waals surface area contributed by atoms with Gasteiger partial charge in [-0.3, -0.25) is 14.2 Å². The Morgan fingerprint density at radius 2 is 2.07 bits per heavy atom. The molecule has 0 bridgehead atoms. The maximum atomic E-state index is 12.8. The monoisotopic (exact) mass is 408 g/mol. The normalized spacial score (nSPS) is 18.4. The van der Waals surface area contributed by atoms with Crippen LogP contribution in [-0.2, 0) is 28.4 Å². The van der Waals surface area contributed by atoms with Gasteiger partial charge < -0.3 is 5.32 Å². The third-order valence-corrected chi connectivity index (χ3v) is 7.26. The Kier molecular flexibility index (Phi) is 5.90. The van der Waals surface area contributed by atoms with Gasteiger partial charge in [-0.25, -0.2) is 8.42 Å². The van der Waals surface area contributed by atoms with Gasteiger partial charge in [0.1, 0.15) is 4.90 Å². The lowest BCUT2D eigenvalue weighted by Gasteiger charge is -2.30. The van der Waals surface area contributed by atoms with Crippen molar-refractivity contribution in [2.24, 2.45) is 13.0 Å². The Hall–Kier alpha value is -2.20. The molecule has 1 saturated heterocycles. The SMILES string of the molecule is Cc1nn(CCNC(=O)[C@@H]2CCCN(S(=O)(=O)c3cnn(C)c3)C2)c(C)c1C. The Morgan fingerprint density at radius 1 is 1.32 bits per heavy atom. The molecule has 3 rings (SSSR count). The smallest absolute Gasteiger partial charge is 0.246 e. The number of nitrogens with one attached hydrogen (secondary N) is 1. The van der Waals surface area contributed by atoms with Gasteiger partial charge in [0.15, 0.2) is 0 Å². The molecule has 154 valence electrons. The van der Waals surface area contributed by atoms with E-state index in [4.69, 9.17) is 0 Å². The van der Waals surface area contributed by atoms with E-state index >= 15 is 0 Å². The first-order valence-electron chi connectivity index (χ1n) is 9.47. The number of sulfonamides is 1. The highest BCUT2D eigenvalue weighted by Crippen LogP contribution is 2.23. The van der Waals surface area contributed by atoms with E-state index in [2.05, 4.69) is 15.5 Å². The Bertz CT molecular complexity index is 962. The van der Waals surface area contributed by atoms with E-state index in [1.165, 1.54) is 21.4 Å². The lowest BCUT2D eigenvalue weighted by atomic mass is 9.99. The van der Waals surface area contributed by atoms with Crippen LogP contribution in [0, 0.1) is 26.7 Å². The van der Waals surface area contributed by atoms with Gasteiger partial charge in [0.25, 0.3) is 0 Å². The summed E-state index contributed by atoms with van der Waals surface area (Å²) >= 11 is 0. The average Bonchev–Trinajstić information content (AvgIpc) is 3.21. The molecule has 1 fully saturated rings. The minimum Gasteiger partial charge on any atom is -0.354 e. The lowest BCUT2D eigenvalue weighted by molar-refractivity contribution is -0.126. The maximum Gasteiger partial charge on any atom is 0.246 e. The van der Waals surface area contributed by atoms with Crippen molar-refractivity contribution in [2.45, 2.75) is 45.1 Å². The highest BCUT2D eigenvalue weighted by molar-refractivity contribution is 7.89.